The molecule has 2 rings (SSSR count). The fourth-order valence-corrected chi connectivity index (χ4v) is 5.02. The van der Waals surface area contributed by atoms with E-state index >= 15 is 0 Å². The Morgan fingerprint density at radius 1 is 0.907 bits per heavy atom. The summed E-state index contributed by atoms with van der Waals surface area (Å²) in [6.07, 6.45) is 2.93. The van der Waals surface area contributed by atoms with Crippen molar-refractivity contribution in [2.45, 2.75) is 110 Å². The number of carbonyl (C=O) groups is 5. The van der Waals surface area contributed by atoms with Crippen molar-refractivity contribution < 1.29 is 38.6 Å². The summed E-state index contributed by atoms with van der Waals surface area (Å²) in [6.45, 7) is 11.6. The molecule has 5 N–H and O–H groups in total. The van der Waals surface area contributed by atoms with Gasteiger partial charge in [0.2, 0.25) is 17.7 Å². The maximum absolute atomic E-state index is 13.5. The van der Waals surface area contributed by atoms with Crippen LogP contribution in [-0.2, 0) is 35.1 Å². The van der Waals surface area contributed by atoms with E-state index in [-0.39, 0.29) is 31.0 Å². The van der Waals surface area contributed by atoms with Gasteiger partial charge in [-0.2, -0.15) is 0 Å². The van der Waals surface area contributed by atoms with Crippen LogP contribution in [0.15, 0.2) is 24.3 Å². The van der Waals surface area contributed by atoms with E-state index in [1.807, 2.05) is 0 Å². The Labute approximate surface area is 254 Å². The van der Waals surface area contributed by atoms with Crippen LogP contribution in [0.3, 0.4) is 0 Å². The molecule has 12 nitrogen and oxygen atoms in total. The van der Waals surface area contributed by atoms with Crippen LogP contribution in [0, 0.1) is 5.41 Å². The van der Waals surface area contributed by atoms with E-state index in [9.17, 15) is 29.1 Å². The third kappa shape index (κ3) is 11.1. The molecule has 1 saturated carbocycles. The number of alkyl carbamates (subject to hydrolysis) is 1. The highest BCUT2D eigenvalue weighted by Gasteiger charge is 2.40. The number of nitrogens with one attached hydrogen (secondary N) is 4. The number of phenolic OH excluding ortho intramolecular Hbond substituents is 1. The van der Waals surface area contributed by atoms with Gasteiger partial charge in [-0.15, -0.1) is 0 Å². The fourth-order valence-electron chi connectivity index (χ4n) is 5.02. The topological polar surface area (TPSA) is 172 Å². The van der Waals surface area contributed by atoms with E-state index < -0.39 is 52.0 Å². The van der Waals surface area contributed by atoms with E-state index in [0.717, 1.165) is 25.7 Å². The zero-order valence-corrected chi connectivity index (χ0v) is 26.6. The van der Waals surface area contributed by atoms with Gasteiger partial charge in [0.25, 0.3) is 0 Å². The van der Waals surface area contributed by atoms with Crippen molar-refractivity contribution in [2.24, 2.45) is 5.41 Å². The minimum Gasteiger partial charge on any atom is -0.508 e. The first-order valence-corrected chi connectivity index (χ1v) is 14.5. The normalized spacial score (nSPS) is 15.5. The molecule has 0 heterocycles. The molecule has 0 aliphatic heterocycles. The second-order valence-electron chi connectivity index (χ2n) is 13.4. The summed E-state index contributed by atoms with van der Waals surface area (Å²) in [5.41, 5.74) is -3.23. The summed E-state index contributed by atoms with van der Waals surface area (Å²) in [4.78, 5) is 64.4. The van der Waals surface area contributed by atoms with Gasteiger partial charge in [0.1, 0.15) is 28.5 Å². The number of ether oxygens (including phenoxy) is 2. The molecule has 240 valence electrons. The van der Waals surface area contributed by atoms with Gasteiger partial charge in [-0.25, -0.2) is 9.59 Å². The van der Waals surface area contributed by atoms with Crippen LogP contribution in [0.25, 0.3) is 0 Å². The lowest BCUT2D eigenvalue weighted by Crippen LogP contribution is -2.62. The summed E-state index contributed by atoms with van der Waals surface area (Å²) < 4.78 is 10.1. The molecule has 0 spiro atoms. The maximum Gasteiger partial charge on any atom is 0.407 e. The molecule has 1 fully saturated rings. The number of hydrogen-bond donors (Lipinski definition) is 5. The van der Waals surface area contributed by atoms with Crippen LogP contribution in [0.4, 0.5) is 4.79 Å². The SMILES string of the molecule is COC(=O)C(C)(C)NC(=O)[C@H](Cc1ccc(O)cc1)NC(=O)C(C)(C)NC(=O)CC1(CNC(=O)OC(C)(C)C)CCCC1. The van der Waals surface area contributed by atoms with Gasteiger partial charge in [0.05, 0.1) is 7.11 Å². The number of esters is 1. The molecule has 1 aliphatic rings. The Kier molecular flexibility index (Phi) is 11.6. The Morgan fingerprint density at radius 3 is 2.02 bits per heavy atom. The summed E-state index contributed by atoms with van der Waals surface area (Å²) in [5.74, 6) is -2.21. The van der Waals surface area contributed by atoms with E-state index in [0.29, 0.717) is 5.56 Å². The van der Waals surface area contributed by atoms with E-state index in [2.05, 4.69) is 21.3 Å². The lowest BCUT2D eigenvalue weighted by Gasteiger charge is -2.33. The van der Waals surface area contributed by atoms with Crippen LogP contribution >= 0.6 is 0 Å². The van der Waals surface area contributed by atoms with Crippen LogP contribution < -0.4 is 21.3 Å². The standard InChI is InChI=1S/C31H48N4O8/c1-28(2,3)43-27(41)32-19-31(15-9-10-16-31)18-23(37)34-29(4,5)25(39)33-22(17-20-11-13-21(36)14-12-20)24(38)35-30(6,7)26(40)42-8/h11-14,22,36H,9-10,15-19H2,1-8H3,(H,32,41)(H,33,39)(H,34,37)(H,35,38)/t22-/m0/s1. The number of methoxy groups -OCH3 is 1. The predicted octanol–water partition coefficient (Wildman–Crippen LogP) is 2.86. The van der Waals surface area contributed by atoms with E-state index in [1.54, 1.807) is 32.9 Å². The monoisotopic (exact) mass is 604 g/mol. The fraction of sp³-hybridized carbons (Fsp3) is 0.645. The largest absolute Gasteiger partial charge is 0.508 e. The molecule has 0 bridgehead atoms. The van der Waals surface area contributed by atoms with Gasteiger partial charge in [0.15, 0.2) is 0 Å². The molecular formula is C31H48N4O8. The molecule has 0 radical (unpaired) electrons. The van der Waals surface area contributed by atoms with Crippen molar-refractivity contribution in [1.82, 2.24) is 21.3 Å². The number of carbonyl (C=O) groups excluding carboxylic acids is 5. The highest BCUT2D eigenvalue weighted by molar-refractivity contribution is 5.96. The van der Waals surface area contributed by atoms with Crippen LogP contribution in [-0.4, -0.2) is 71.3 Å². The number of rotatable bonds is 12. The zero-order chi connectivity index (χ0) is 32.6. The molecule has 12 heteroatoms. The third-order valence-corrected chi connectivity index (χ3v) is 7.36. The first-order chi connectivity index (χ1) is 19.8. The highest BCUT2D eigenvalue weighted by Crippen LogP contribution is 2.40. The molecule has 43 heavy (non-hydrogen) atoms. The zero-order valence-electron chi connectivity index (χ0n) is 26.6. The Hall–Kier alpha value is -3.83. The molecule has 1 aromatic carbocycles. The molecule has 0 saturated heterocycles. The smallest absolute Gasteiger partial charge is 0.407 e. The van der Waals surface area contributed by atoms with Crippen molar-refractivity contribution >= 4 is 29.8 Å². The molecule has 1 aliphatic carbocycles. The summed E-state index contributed by atoms with van der Waals surface area (Å²) in [6, 6.07) is 5.05. The van der Waals surface area contributed by atoms with Crippen molar-refractivity contribution in [3.05, 3.63) is 29.8 Å². The summed E-state index contributed by atoms with van der Waals surface area (Å²) in [7, 11) is 1.21. The molecule has 1 aromatic rings. The van der Waals surface area contributed by atoms with Crippen LogP contribution in [0.5, 0.6) is 5.75 Å². The number of aromatic hydroxyl groups is 1. The Balaban J connectivity index is 2.14. The molecule has 1 atom stereocenters. The van der Waals surface area contributed by atoms with Gasteiger partial charge >= 0.3 is 12.1 Å². The van der Waals surface area contributed by atoms with Crippen molar-refractivity contribution in [3.8, 4) is 5.75 Å². The highest BCUT2D eigenvalue weighted by atomic mass is 16.6. The predicted molar refractivity (Wildman–Crippen MR) is 160 cm³/mol. The third-order valence-electron chi connectivity index (χ3n) is 7.36. The number of hydrogen-bond acceptors (Lipinski definition) is 8. The van der Waals surface area contributed by atoms with Gasteiger partial charge < -0.3 is 35.8 Å². The molecule has 0 aromatic heterocycles. The minimum atomic E-state index is -1.40. The minimum absolute atomic E-state index is 0.0470. The first kappa shape index (κ1) is 35.4. The Bertz CT molecular complexity index is 1170. The second kappa shape index (κ2) is 14.1. The quantitative estimate of drug-likeness (QED) is 0.227. The summed E-state index contributed by atoms with van der Waals surface area (Å²) >= 11 is 0. The number of benzene rings is 1. The summed E-state index contributed by atoms with van der Waals surface area (Å²) in [5, 5.41) is 20.6. The average Bonchev–Trinajstić information content (AvgIpc) is 3.34. The maximum atomic E-state index is 13.5. The van der Waals surface area contributed by atoms with Gasteiger partial charge in [-0.3, -0.25) is 14.4 Å². The number of amides is 4. The van der Waals surface area contributed by atoms with Crippen molar-refractivity contribution in [3.63, 3.8) is 0 Å². The van der Waals surface area contributed by atoms with Crippen molar-refractivity contribution in [1.29, 1.82) is 0 Å². The van der Waals surface area contributed by atoms with E-state index in [4.69, 9.17) is 9.47 Å². The first-order valence-electron chi connectivity index (χ1n) is 14.5. The Morgan fingerprint density at radius 2 is 1.49 bits per heavy atom. The van der Waals surface area contributed by atoms with Crippen LogP contribution in [0.2, 0.25) is 0 Å². The molecule has 4 amide bonds. The van der Waals surface area contributed by atoms with Crippen molar-refractivity contribution in [2.75, 3.05) is 13.7 Å². The molecular weight excluding hydrogens is 556 g/mol. The second-order valence-corrected chi connectivity index (χ2v) is 13.4. The van der Waals surface area contributed by atoms with Gasteiger partial charge in [0, 0.05) is 19.4 Å². The molecule has 0 unspecified atom stereocenters. The lowest BCUT2D eigenvalue weighted by atomic mass is 9.82. The van der Waals surface area contributed by atoms with Gasteiger partial charge in [-0.1, -0.05) is 25.0 Å². The average molecular weight is 605 g/mol. The van der Waals surface area contributed by atoms with E-state index in [1.165, 1.54) is 46.9 Å². The van der Waals surface area contributed by atoms with Gasteiger partial charge in [-0.05, 0) is 84.4 Å². The van der Waals surface area contributed by atoms with Crippen LogP contribution in [0.1, 0.15) is 86.1 Å². The lowest BCUT2D eigenvalue weighted by molar-refractivity contribution is -0.149. The number of phenols is 1.